The van der Waals surface area contributed by atoms with Crippen LogP contribution in [0.25, 0.3) is 0 Å². The van der Waals surface area contributed by atoms with Gasteiger partial charge in [0.1, 0.15) is 0 Å². The molecule has 0 amide bonds. The lowest BCUT2D eigenvalue weighted by Crippen LogP contribution is -2.36. The summed E-state index contributed by atoms with van der Waals surface area (Å²) in [5, 5.41) is 7.88. The van der Waals surface area contributed by atoms with Crippen LogP contribution in [0.4, 0.5) is 0 Å². The highest BCUT2D eigenvalue weighted by Gasteiger charge is 2.36. The number of ether oxygens (including phenoxy) is 1. The zero-order chi connectivity index (χ0) is 13.2. The van der Waals surface area contributed by atoms with Crippen molar-refractivity contribution < 1.29 is 4.74 Å². The van der Waals surface area contributed by atoms with Crippen LogP contribution in [-0.2, 0) is 17.7 Å². The predicted octanol–water partition coefficient (Wildman–Crippen LogP) is 2.14. The molecule has 1 aromatic heterocycles. The molecule has 102 valence electrons. The van der Waals surface area contributed by atoms with Crippen LogP contribution in [0.1, 0.15) is 24.7 Å². The third-order valence-corrected chi connectivity index (χ3v) is 4.76. The van der Waals surface area contributed by atoms with Crippen LogP contribution in [-0.4, -0.2) is 36.6 Å². The van der Waals surface area contributed by atoms with E-state index >= 15 is 0 Å². The topological polar surface area (TPSA) is 39.1 Å². The molecule has 1 unspecified atom stereocenters. The first-order valence-electron chi connectivity index (χ1n) is 6.56. The number of aryl methyl sites for hydroxylation is 2. The van der Waals surface area contributed by atoms with E-state index in [9.17, 15) is 0 Å². The summed E-state index contributed by atoms with van der Waals surface area (Å²) >= 11 is 3.68. The van der Waals surface area contributed by atoms with E-state index in [1.165, 1.54) is 5.69 Å². The van der Waals surface area contributed by atoms with Gasteiger partial charge in [-0.25, -0.2) is 0 Å². The molecular weight excluding hydrogens is 294 g/mol. The summed E-state index contributed by atoms with van der Waals surface area (Å²) in [5.74, 6) is 0. The number of nitrogens with one attached hydrogen (secondary N) is 1. The molecule has 18 heavy (non-hydrogen) atoms. The van der Waals surface area contributed by atoms with Gasteiger partial charge in [-0.15, -0.1) is 0 Å². The molecule has 1 fully saturated rings. The van der Waals surface area contributed by atoms with Crippen molar-refractivity contribution in [2.24, 2.45) is 5.41 Å². The fourth-order valence-corrected chi connectivity index (χ4v) is 3.18. The van der Waals surface area contributed by atoms with Crippen LogP contribution in [0.5, 0.6) is 0 Å². The number of hydrogen-bond donors (Lipinski definition) is 1. The Labute approximate surface area is 117 Å². The van der Waals surface area contributed by atoms with Crippen molar-refractivity contribution in [3.05, 3.63) is 15.9 Å². The third-order valence-electron chi connectivity index (χ3n) is 3.73. The van der Waals surface area contributed by atoms with Crippen molar-refractivity contribution in [1.82, 2.24) is 15.1 Å². The molecule has 0 bridgehead atoms. The standard InChI is InChI=1S/C13H22BrN3O/c1-4-17-11(12(14)10(2)16-17)7-13(8-15-3)5-6-18-9-13/h15H,4-9H2,1-3H3. The molecule has 2 heterocycles. The van der Waals surface area contributed by atoms with E-state index in [1.807, 2.05) is 7.05 Å². The average Bonchev–Trinajstić information content (AvgIpc) is 2.90. The molecule has 5 heteroatoms. The van der Waals surface area contributed by atoms with E-state index < -0.39 is 0 Å². The van der Waals surface area contributed by atoms with Gasteiger partial charge in [0, 0.05) is 25.1 Å². The van der Waals surface area contributed by atoms with E-state index in [4.69, 9.17) is 4.74 Å². The Kier molecular flexibility index (Phi) is 4.45. The summed E-state index contributed by atoms with van der Waals surface area (Å²) in [6.07, 6.45) is 2.14. The Morgan fingerprint density at radius 2 is 2.33 bits per heavy atom. The molecule has 1 atom stereocenters. The lowest BCUT2D eigenvalue weighted by molar-refractivity contribution is 0.149. The summed E-state index contributed by atoms with van der Waals surface area (Å²) in [6.45, 7) is 7.81. The van der Waals surface area contributed by atoms with Crippen LogP contribution in [0.15, 0.2) is 4.47 Å². The fraction of sp³-hybridized carbons (Fsp3) is 0.769. The molecule has 0 aromatic carbocycles. The molecule has 1 saturated heterocycles. The molecule has 0 spiro atoms. The number of nitrogens with zero attached hydrogens (tertiary/aromatic N) is 2. The quantitative estimate of drug-likeness (QED) is 0.905. The normalized spacial score (nSPS) is 23.8. The van der Waals surface area contributed by atoms with Gasteiger partial charge in [-0.3, -0.25) is 4.68 Å². The van der Waals surface area contributed by atoms with Crippen LogP contribution in [0.3, 0.4) is 0 Å². The Balaban J connectivity index is 2.26. The van der Waals surface area contributed by atoms with Gasteiger partial charge in [-0.2, -0.15) is 5.10 Å². The molecular formula is C13H22BrN3O. The van der Waals surface area contributed by atoms with Crippen molar-refractivity contribution in [2.75, 3.05) is 26.8 Å². The van der Waals surface area contributed by atoms with E-state index in [2.05, 4.69) is 44.9 Å². The highest BCUT2D eigenvalue weighted by atomic mass is 79.9. The van der Waals surface area contributed by atoms with Crippen molar-refractivity contribution >= 4 is 15.9 Å². The second-order valence-corrected chi connectivity index (χ2v) is 5.96. The van der Waals surface area contributed by atoms with E-state index in [1.54, 1.807) is 0 Å². The predicted molar refractivity (Wildman–Crippen MR) is 75.8 cm³/mol. The van der Waals surface area contributed by atoms with Crippen LogP contribution < -0.4 is 5.32 Å². The Bertz CT molecular complexity index is 411. The molecule has 1 aromatic rings. The van der Waals surface area contributed by atoms with Crippen molar-refractivity contribution in [3.8, 4) is 0 Å². The van der Waals surface area contributed by atoms with Crippen molar-refractivity contribution in [2.45, 2.75) is 33.2 Å². The van der Waals surface area contributed by atoms with Crippen molar-refractivity contribution in [1.29, 1.82) is 0 Å². The summed E-state index contributed by atoms with van der Waals surface area (Å²) in [7, 11) is 2.01. The number of hydrogen-bond acceptors (Lipinski definition) is 3. The highest BCUT2D eigenvalue weighted by Crippen LogP contribution is 2.35. The largest absolute Gasteiger partial charge is 0.381 e. The summed E-state index contributed by atoms with van der Waals surface area (Å²) in [5.41, 5.74) is 2.59. The zero-order valence-electron chi connectivity index (χ0n) is 11.4. The molecule has 2 rings (SSSR count). The van der Waals surface area contributed by atoms with Crippen molar-refractivity contribution in [3.63, 3.8) is 0 Å². The first-order chi connectivity index (χ1) is 8.62. The zero-order valence-corrected chi connectivity index (χ0v) is 13.0. The maximum absolute atomic E-state index is 5.62. The monoisotopic (exact) mass is 315 g/mol. The van der Waals surface area contributed by atoms with Crippen LogP contribution in [0.2, 0.25) is 0 Å². The van der Waals surface area contributed by atoms with Crippen LogP contribution >= 0.6 is 15.9 Å². The van der Waals surface area contributed by atoms with Gasteiger partial charge < -0.3 is 10.1 Å². The van der Waals surface area contributed by atoms with E-state index in [0.29, 0.717) is 0 Å². The van der Waals surface area contributed by atoms with E-state index in [-0.39, 0.29) is 5.41 Å². The smallest absolute Gasteiger partial charge is 0.0738 e. The maximum atomic E-state index is 5.62. The SMILES string of the molecule is CCn1nc(C)c(Br)c1CC1(CNC)CCOC1. The third kappa shape index (κ3) is 2.63. The summed E-state index contributed by atoms with van der Waals surface area (Å²) in [4.78, 5) is 0. The van der Waals surface area contributed by atoms with Gasteiger partial charge >= 0.3 is 0 Å². The highest BCUT2D eigenvalue weighted by molar-refractivity contribution is 9.10. The Morgan fingerprint density at radius 1 is 1.56 bits per heavy atom. The molecule has 4 nitrogen and oxygen atoms in total. The fourth-order valence-electron chi connectivity index (χ4n) is 2.76. The Hall–Kier alpha value is -0.390. The van der Waals surface area contributed by atoms with Gasteiger partial charge in [0.2, 0.25) is 0 Å². The lowest BCUT2D eigenvalue weighted by Gasteiger charge is -2.27. The maximum Gasteiger partial charge on any atom is 0.0738 e. The minimum absolute atomic E-state index is 0.219. The van der Waals surface area contributed by atoms with E-state index in [0.717, 1.165) is 49.3 Å². The van der Waals surface area contributed by atoms with Gasteiger partial charge in [0.25, 0.3) is 0 Å². The molecule has 0 radical (unpaired) electrons. The first kappa shape index (κ1) is 14.0. The Morgan fingerprint density at radius 3 is 2.89 bits per heavy atom. The number of halogens is 1. The van der Waals surface area contributed by atoms with Gasteiger partial charge in [-0.1, -0.05) is 0 Å². The number of aromatic nitrogens is 2. The molecule has 1 N–H and O–H groups in total. The number of rotatable bonds is 5. The molecule has 0 aliphatic carbocycles. The minimum atomic E-state index is 0.219. The molecule has 1 aliphatic rings. The lowest BCUT2D eigenvalue weighted by atomic mass is 9.82. The average molecular weight is 316 g/mol. The molecule has 1 aliphatic heterocycles. The van der Waals surface area contributed by atoms with Crippen LogP contribution in [0, 0.1) is 12.3 Å². The van der Waals surface area contributed by atoms with Gasteiger partial charge in [0.15, 0.2) is 0 Å². The molecule has 0 saturated carbocycles. The second-order valence-electron chi connectivity index (χ2n) is 5.17. The minimum Gasteiger partial charge on any atom is -0.381 e. The summed E-state index contributed by atoms with van der Waals surface area (Å²) < 4.78 is 8.89. The second kappa shape index (κ2) is 5.72. The first-order valence-corrected chi connectivity index (χ1v) is 7.35. The summed E-state index contributed by atoms with van der Waals surface area (Å²) in [6, 6.07) is 0. The van der Waals surface area contributed by atoms with Gasteiger partial charge in [0.05, 0.1) is 22.5 Å². The van der Waals surface area contributed by atoms with Gasteiger partial charge in [-0.05, 0) is 49.7 Å².